The van der Waals surface area contributed by atoms with Crippen LogP contribution >= 0.6 is 0 Å². The van der Waals surface area contributed by atoms with Crippen LogP contribution in [0, 0.1) is 5.92 Å². The van der Waals surface area contributed by atoms with Gasteiger partial charge >= 0.3 is 0 Å². The fourth-order valence-electron chi connectivity index (χ4n) is 3.95. The molecule has 2 aliphatic rings. The topological polar surface area (TPSA) is 80.3 Å². The number of benzene rings is 1. The van der Waals surface area contributed by atoms with Crippen molar-refractivity contribution in [2.45, 2.75) is 32.4 Å². The number of nitrogens with zero attached hydrogens (tertiary/aromatic N) is 2. The van der Waals surface area contributed by atoms with Crippen molar-refractivity contribution in [2.24, 2.45) is 5.92 Å². The van der Waals surface area contributed by atoms with Gasteiger partial charge in [-0.1, -0.05) is 0 Å². The van der Waals surface area contributed by atoms with Crippen molar-refractivity contribution in [3.8, 4) is 17.2 Å². The predicted octanol–water partition coefficient (Wildman–Crippen LogP) is 1.27. The zero-order chi connectivity index (χ0) is 20.4. The van der Waals surface area contributed by atoms with Crippen molar-refractivity contribution >= 4 is 17.5 Å². The molecule has 8 nitrogen and oxygen atoms in total. The molecule has 0 spiro atoms. The predicted molar refractivity (Wildman–Crippen MR) is 105 cm³/mol. The van der Waals surface area contributed by atoms with Crippen LogP contribution < -0.4 is 24.4 Å². The van der Waals surface area contributed by atoms with Crippen LogP contribution in [-0.2, 0) is 9.59 Å². The molecular formula is C20H29N3O5. The molecule has 2 amide bonds. The summed E-state index contributed by atoms with van der Waals surface area (Å²) >= 11 is 0. The minimum absolute atomic E-state index is 0.0455. The Hall–Kier alpha value is -2.48. The molecule has 8 heteroatoms. The fourth-order valence-corrected chi connectivity index (χ4v) is 3.95. The van der Waals surface area contributed by atoms with Crippen LogP contribution in [0.2, 0.25) is 0 Å². The van der Waals surface area contributed by atoms with Gasteiger partial charge in [0, 0.05) is 50.3 Å². The van der Waals surface area contributed by atoms with Crippen molar-refractivity contribution in [3.63, 3.8) is 0 Å². The number of carbonyl (C=O) groups excluding carboxylic acids is 2. The second-order valence-electron chi connectivity index (χ2n) is 7.30. The molecule has 1 aromatic carbocycles. The minimum atomic E-state index is -0.348. The number of amides is 2. The first kappa shape index (κ1) is 20.3. The van der Waals surface area contributed by atoms with Crippen LogP contribution in [0.25, 0.3) is 0 Å². The van der Waals surface area contributed by atoms with E-state index in [1.165, 1.54) is 21.3 Å². The van der Waals surface area contributed by atoms with Gasteiger partial charge in [-0.15, -0.1) is 0 Å². The molecule has 2 fully saturated rings. The molecule has 2 saturated heterocycles. The standard InChI is InChI=1S/C20H29N3O5/c1-12-13(2)22(7-6-21-12)20(25)14-8-18(24)23(11-14)15-9-16(26-3)19(28-5)17(10-15)27-4/h9-10,12-14,21H,6-8,11H2,1-5H3. The van der Waals surface area contributed by atoms with Gasteiger partial charge in [-0.05, 0) is 13.8 Å². The van der Waals surface area contributed by atoms with Crippen molar-refractivity contribution < 1.29 is 23.8 Å². The Bertz CT molecular complexity index is 728. The van der Waals surface area contributed by atoms with Crippen LogP contribution in [0.1, 0.15) is 20.3 Å². The molecule has 0 aliphatic carbocycles. The van der Waals surface area contributed by atoms with E-state index in [0.717, 1.165) is 6.54 Å². The number of methoxy groups -OCH3 is 3. The first-order valence-corrected chi connectivity index (χ1v) is 9.55. The average Bonchev–Trinajstić information content (AvgIpc) is 3.10. The van der Waals surface area contributed by atoms with E-state index in [2.05, 4.69) is 12.2 Å². The third-order valence-electron chi connectivity index (χ3n) is 5.75. The first-order chi connectivity index (χ1) is 13.4. The summed E-state index contributed by atoms with van der Waals surface area (Å²) < 4.78 is 16.1. The van der Waals surface area contributed by atoms with E-state index in [-0.39, 0.29) is 36.2 Å². The Morgan fingerprint density at radius 1 is 1.11 bits per heavy atom. The molecule has 3 rings (SSSR count). The molecule has 3 atom stereocenters. The van der Waals surface area contributed by atoms with E-state index in [1.807, 2.05) is 11.8 Å². The molecular weight excluding hydrogens is 362 g/mol. The molecule has 2 aliphatic heterocycles. The Morgan fingerprint density at radius 3 is 2.32 bits per heavy atom. The first-order valence-electron chi connectivity index (χ1n) is 9.55. The Balaban J connectivity index is 1.82. The highest BCUT2D eigenvalue weighted by Crippen LogP contribution is 2.42. The molecule has 154 valence electrons. The van der Waals surface area contributed by atoms with E-state index in [9.17, 15) is 9.59 Å². The van der Waals surface area contributed by atoms with Gasteiger partial charge < -0.3 is 29.3 Å². The average molecular weight is 391 g/mol. The lowest BCUT2D eigenvalue weighted by molar-refractivity contribution is -0.139. The van der Waals surface area contributed by atoms with Crippen molar-refractivity contribution in [1.29, 1.82) is 0 Å². The van der Waals surface area contributed by atoms with Crippen LogP contribution in [-0.4, -0.2) is 69.8 Å². The quantitative estimate of drug-likeness (QED) is 0.814. The molecule has 28 heavy (non-hydrogen) atoms. The zero-order valence-corrected chi connectivity index (χ0v) is 17.2. The van der Waals surface area contributed by atoms with Gasteiger partial charge in [0.15, 0.2) is 11.5 Å². The molecule has 0 radical (unpaired) electrons. The number of hydrogen-bond donors (Lipinski definition) is 1. The molecule has 0 saturated carbocycles. The number of piperazine rings is 1. The maximum absolute atomic E-state index is 13.1. The largest absolute Gasteiger partial charge is 0.493 e. The smallest absolute Gasteiger partial charge is 0.228 e. The van der Waals surface area contributed by atoms with Gasteiger partial charge in [0.05, 0.1) is 32.9 Å². The summed E-state index contributed by atoms with van der Waals surface area (Å²) in [6.45, 7) is 5.91. The third-order valence-corrected chi connectivity index (χ3v) is 5.75. The number of nitrogens with one attached hydrogen (secondary N) is 1. The van der Waals surface area contributed by atoms with E-state index in [1.54, 1.807) is 17.0 Å². The van der Waals surface area contributed by atoms with Gasteiger partial charge in [-0.25, -0.2) is 0 Å². The van der Waals surface area contributed by atoms with E-state index >= 15 is 0 Å². The van der Waals surface area contributed by atoms with Crippen molar-refractivity contribution in [2.75, 3.05) is 45.9 Å². The molecule has 3 unspecified atom stereocenters. The lowest BCUT2D eigenvalue weighted by Gasteiger charge is -2.39. The fraction of sp³-hybridized carbons (Fsp3) is 0.600. The second kappa shape index (κ2) is 8.26. The van der Waals surface area contributed by atoms with Crippen molar-refractivity contribution in [1.82, 2.24) is 10.2 Å². The maximum Gasteiger partial charge on any atom is 0.228 e. The Labute approximate surface area is 165 Å². The SMILES string of the molecule is COc1cc(N2CC(C(=O)N3CCNC(C)C3C)CC2=O)cc(OC)c1OC. The lowest BCUT2D eigenvalue weighted by Crippen LogP contribution is -2.58. The van der Waals surface area contributed by atoms with Crippen molar-refractivity contribution in [3.05, 3.63) is 12.1 Å². The highest BCUT2D eigenvalue weighted by atomic mass is 16.5. The summed E-state index contributed by atoms with van der Waals surface area (Å²) in [5.74, 6) is 1.04. The monoisotopic (exact) mass is 391 g/mol. The van der Waals surface area contributed by atoms with Crippen LogP contribution in [0.3, 0.4) is 0 Å². The lowest BCUT2D eigenvalue weighted by atomic mass is 10.0. The third kappa shape index (κ3) is 3.61. The minimum Gasteiger partial charge on any atom is -0.493 e. The number of anilines is 1. The van der Waals surface area contributed by atoms with E-state index in [0.29, 0.717) is 36.0 Å². The summed E-state index contributed by atoms with van der Waals surface area (Å²) in [6.07, 6.45) is 0.209. The molecule has 2 heterocycles. The summed E-state index contributed by atoms with van der Waals surface area (Å²) in [5, 5.41) is 3.38. The number of ether oxygens (including phenoxy) is 3. The van der Waals surface area contributed by atoms with Gasteiger partial charge in [0.2, 0.25) is 17.6 Å². The maximum atomic E-state index is 13.1. The van der Waals surface area contributed by atoms with Gasteiger partial charge in [0.25, 0.3) is 0 Å². The van der Waals surface area contributed by atoms with E-state index in [4.69, 9.17) is 14.2 Å². The highest BCUT2D eigenvalue weighted by molar-refractivity contribution is 6.00. The van der Waals surface area contributed by atoms with Crippen LogP contribution in [0.15, 0.2) is 12.1 Å². The molecule has 1 aromatic rings. The Kier molecular flexibility index (Phi) is 5.98. The van der Waals surface area contributed by atoms with E-state index < -0.39 is 0 Å². The summed E-state index contributed by atoms with van der Waals surface area (Å²) in [7, 11) is 4.60. The number of carbonyl (C=O) groups is 2. The Morgan fingerprint density at radius 2 is 1.75 bits per heavy atom. The summed E-state index contributed by atoms with van der Waals surface area (Å²) in [5.41, 5.74) is 0.636. The van der Waals surface area contributed by atoms with Gasteiger partial charge in [-0.2, -0.15) is 0 Å². The summed E-state index contributed by atoms with van der Waals surface area (Å²) in [6, 6.07) is 3.82. The normalized spacial score (nSPS) is 25.0. The van der Waals surface area contributed by atoms with Crippen LogP contribution in [0.5, 0.6) is 17.2 Å². The number of rotatable bonds is 5. The molecule has 1 N–H and O–H groups in total. The van der Waals surface area contributed by atoms with Crippen LogP contribution in [0.4, 0.5) is 5.69 Å². The highest BCUT2D eigenvalue weighted by Gasteiger charge is 2.40. The zero-order valence-electron chi connectivity index (χ0n) is 17.2. The van der Waals surface area contributed by atoms with Gasteiger partial charge in [-0.3, -0.25) is 9.59 Å². The number of hydrogen-bond acceptors (Lipinski definition) is 6. The molecule has 0 bridgehead atoms. The summed E-state index contributed by atoms with van der Waals surface area (Å²) in [4.78, 5) is 29.3. The van der Waals surface area contributed by atoms with Gasteiger partial charge in [0.1, 0.15) is 0 Å². The second-order valence-corrected chi connectivity index (χ2v) is 7.30. The molecule has 0 aromatic heterocycles.